The van der Waals surface area contributed by atoms with E-state index in [4.69, 9.17) is 10.2 Å². The first-order chi connectivity index (χ1) is 8.00. The van der Waals surface area contributed by atoms with Gasteiger partial charge in [-0.3, -0.25) is 5.32 Å². The highest BCUT2D eigenvalue weighted by Crippen LogP contribution is 1.97. The topological polar surface area (TPSA) is 129 Å². The summed E-state index contributed by atoms with van der Waals surface area (Å²) in [6.45, 7) is 0.0388. The minimum Gasteiger partial charge on any atom is -0.479 e. The smallest absolute Gasteiger partial charge is 0.332 e. The van der Waals surface area contributed by atoms with Gasteiger partial charge in [-0.25, -0.2) is 14.3 Å². The van der Waals surface area contributed by atoms with E-state index in [2.05, 4.69) is 20.7 Å². The summed E-state index contributed by atoms with van der Waals surface area (Å²) < 4.78 is 1.37. The Morgan fingerprint density at radius 2 is 2.29 bits per heavy atom. The maximum absolute atomic E-state index is 11.3. The van der Waals surface area contributed by atoms with E-state index in [1.165, 1.54) is 11.0 Å². The number of hydrogen-bond donors (Lipinski definition) is 4. The van der Waals surface area contributed by atoms with Gasteiger partial charge in [-0.15, -0.1) is 0 Å². The Morgan fingerprint density at radius 3 is 2.82 bits per heavy atom. The quantitative estimate of drug-likeness (QED) is 0.512. The van der Waals surface area contributed by atoms with Gasteiger partial charge in [0.1, 0.15) is 6.33 Å². The number of nitrogens with one attached hydrogen (secondary N) is 2. The van der Waals surface area contributed by atoms with Gasteiger partial charge in [0.15, 0.2) is 6.10 Å². The van der Waals surface area contributed by atoms with E-state index >= 15 is 0 Å². The third kappa shape index (κ3) is 4.07. The lowest BCUT2D eigenvalue weighted by Gasteiger charge is -2.08. The number of aliphatic carboxylic acids is 1. The summed E-state index contributed by atoms with van der Waals surface area (Å²) in [5.74, 6) is -1.05. The summed E-state index contributed by atoms with van der Waals surface area (Å²) in [5.41, 5.74) is 0. The first kappa shape index (κ1) is 12.9. The SMILES string of the molecule is Cn1ncnc1NC(=O)NCCC(O)C(=O)O. The van der Waals surface area contributed by atoms with E-state index in [1.807, 2.05) is 0 Å². The van der Waals surface area contributed by atoms with E-state index in [0.29, 0.717) is 0 Å². The predicted octanol–water partition coefficient (Wildman–Crippen LogP) is -1.23. The maximum Gasteiger partial charge on any atom is 0.332 e. The van der Waals surface area contributed by atoms with E-state index in [0.717, 1.165) is 0 Å². The fourth-order valence-corrected chi connectivity index (χ4v) is 1.00. The molecule has 0 aliphatic heterocycles. The van der Waals surface area contributed by atoms with Crippen molar-refractivity contribution in [2.24, 2.45) is 7.05 Å². The van der Waals surface area contributed by atoms with Crippen molar-refractivity contribution >= 4 is 17.9 Å². The van der Waals surface area contributed by atoms with Gasteiger partial charge in [0, 0.05) is 20.0 Å². The van der Waals surface area contributed by atoms with Crippen LogP contribution >= 0.6 is 0 Å². The van der Waals surface area contributed by atoms with Crippen LogP contribution in [0.2, 0.25) is 0 Å². The molecule has 1 heterocycles. The summed E-state index contributed by atoms with van der Waals surface area (Å²) in [7, 11) is 1.61. The minimum absolute atomic E-state index is 0.0388. The lowest BCUT2D eigenvalue weighted by molar-refractivity contribution is -0.146. The van der Waals surface area contributed by atoms with Gasteiger partial charge in [-0.05, 0) is 0 Å². The number of aryl methyl sites for hydroxylation is 1. The largest absolute Gasteiger partial charge is 0.479 e. The molecule has 1 atom stereocenters. The molecule has 2 amide bonds. The van der Waals surface area contributed by atoms with Crippen molar-refractivity contribution in [2.75, 3.05) is 11.9 Å². The molecule has 94 valence electrons. The standard InChI is InChI=1S/C8H13N5O4/c1-13-7(10-4-11-13)12-8(17)9-3-2-5(14)6(15)16/h4-5,14H,2-3H2,1H3,(H,15,16)(H2,9,10,11,12,17). The first-order valence-electron chi connectivity index (χ1n) is 4.80. The fraction of sp³-hybridized carbons (Fsp3) is 0.500. The Labute approximate surface area is 96.5 Å². The van der Waals surface area contributed by atoms with Gasteiger partial charge in [0.2, 0.25) is 5.95 Å². The highest BCUT2D eigenvalue weighted by molar-refractivity contribution is 5.87. The average molecular weight is 243 g/mol. The molecule has 0 spiro atoms. The van der Waals surface area contributed by atoms with E-state index in [1.54, 1.807) is 7.05 Å². The van der Waals surface area contributed by atoms with Crippen LogP contribution in [-0.4, -0.2) is 49.6 Å². The van der Waals surface area contributed by atoms with Crippen LogP contribution in [0, 0.1) is 0 Å². The Kier molecular flexibility index (Phi) is 4.40. The number of nitrogens with zero attached hydrogens (tertiary/aromatic N) is 3. The van der Waals surface area contributed by atoms with E-state index < -0.39 is 18.1 Å². The van der Waals surface area contributed by atoms with Crippen LogP contribution in [-0.2, 0) is 11.8 Å². The molecule has 1 aromatic heterocycles. The molecule has 0 fully saturated rings. The molecule has 1 aromatic rings. The van der Waals surface area contributed by atoms with Gasteiger partial charge >= 0.3 is 12.0 Å². The summed E-state index contributed by atoms with van der Waals surface area (Å²) in [5, 5.41) is 25.9. The van der Waals surface area contributed by atoms with Gasteiger partial charge in [-0.1, -0.05) is 0 Å². The molecule has 0 aliphatic rings. The van der Waals surface area contributed by atoms with E-state index in [9.17, 15) is 9.59 Å². The lowest BCUT2D eigenvalue weighted by Crippen LogP contribution is -2.33. The van der Waals surface area contributed by atoms with Gasteiger partial charge in [0.25, 0.3) is 0 Å². The van der Waals surface area contributed by atoms with Crippen molar-refractivity contribution in [3.8, 4) is 0 Å². The molecule has 9 heteroatoms. The van der Waals surface area contributed by atoms with Crippen LogP contribution in [0.5, 0.6) is 0 Å². The average Bonchev–Trinajstić information content (AvgIpc) is 2.64. The zero-order valence-electron chi connectivity index (χ0n) is 9.12. The molecule has 0 saturated heterocycles. The second kappa shape index (κ2) is 5.80. The molecule has 0 bridgehead atoms. The van der Waals surface area contributed by atoms with Crippen molar-refractivity contribution in [2.45, 2.75) is 12.5 Å². The number of aliphatic hydroxyl groups is 1. The number of carbonyl (C=O) groups is 2. The number of amides is 2. The van der Waals surface area contributed by atoms with Crippen LogP contribution in [0.4, 0.5) is 10.7 Å². The van der Waals surface area contributed by atoms with Crippen molar-refractivity contribution in [3.05, 3.63) is 6.33 Å². The number of hydrogen-bond acceptors (Lipinski definition) is 5. The molecule has 0 aromatic carbocycles. The number of carboxylic acids is 1. The first-order valence-corrected chi connectivity index (χ1v) is 4.80. The maximum atomic E-state index is 11.3. The zero-order chi connectivity index (χ0) is 12.8. The van der Waals surface area contributed by atoms with Crippen LogP contribution in [0.1, 0.15) is 6.42 Å². The summed E-state index contributed by atoms with van der Waals surface area (Å²) in [4.78, 5) is 25.3. The Morgan fingerprint density at radius 1 is 1.59 bits per heavy atom. The number of carbonyl (C=O) groups excluding carboxylic acids is 1. The molecular weight excluding hydrogens is 230 g/mol. The molecular formula is C8H13N5O4. The number of aliphatic hydroxyl groups excluding tert-OH is 1. The van der Waals surface area contributed by atoms with Crippen LogP contribution in [0.3, 0.4) is 0 Å². The Balaban J connectivity index is 2.27. The Bertz CT molecular complexity index is 404. The van der Waals surface area contributed by atoms with Gasteiger partial charge in [0.05, 0.1) is 0 Å². The van der Waals surface area contributed by atoms with Crippen LogP contribution in [0.15, 0.2) is 6.33 Å². The lowest BCUT2D eigenvalue weighted by atomic mass is 10.2. The number of urea groups is 1. The molecule has 1 rings (SSSR count). The third-order valence-electron chi connectivity index (χ3n) is 1.93. The van der Waals surface area contributed by atoms with E-state index in [-0.39, 0.29) is 18.9 Å². The summed E-state index contributed by atoms with van der Waals surface area (Å²) in [6, 6.07) is -0.543. The molecule has 4 N–H and O–H groups in total. The predicted molar refractivity (Wildman–Crippen MR) is 56.3 cm³/mol. The van der Waals surface area contributed by atoms with Crippen molar-refractivity contribution in [3.63, 3.8) is 0 Å². The van der Waals surface area contributed by atoms with Gasteiger partial charge in [-0.2, -0.15) is 10.1 Å². The summed E-state index contributed by atoms with van der Waals surface area (Å²) >= 11 is 0. The fourth-order valence-electron chi connectivity index (χ4n) is 1.00. The molecule has 0 aliphatic carbocycles. The highest BCUT2D eigenvalue weighted by Gasteiger charge is 2.13. The summed E-state index contributed by atoms with van der Waals surface area (Å²) in [6.07, 6.45) is -0.268. The van der Waals surface area contributed by atoms with Gasteiger partial charge < -0.3 is 15.5 Å². The zero-order valence-corrected chi connectivity index (χ0v) is 9.12. The number of anilines is 1. The van der Waals surface area contributed by atoms with Crippen LogP contribution in [0.25, 0.3) is 0 Å². The molecule has 17 heavy (non-hydrogen) atoms. The highest BCUT2D eigenvalue weighted by atomic mass is 16.4. The monoisotopic (exact) mass is 243 g/mol. The normalized spacial score (nSPS) is 11.9. The molecule has 0 saturated carbocycles. The number of carboxylic acid groups (broad SMARTS) is 1. The van der Waals surface area contributed by atoms with Crippen molar-refractivity contribution in [1.29, 1.82) is 0 Å². The second-order valence-electron chi connectivity index (χ2n) is 3.23. The minimum atomic E-state index is -1.48. The number of aromatic nitrogens is 3. The van der Waals surface area contributed by atoms with Crippen molar-refractivity contribution in [1.82, 2.24) is 20.1 Å². The molecule has 0 radical (unpaired) electrons. The molecule has 9 nitrogen and oxygen atoms in total. The third-order valence-corrected chi connectivity index (χ3v) is 1.93. The second-order valence-corrected chi connectivity index (χ2v) is 3.23. The number of rotatable bonds is 5. The Hall–Kier alpha value is -2.16. The van der Waals surface area contributed by atoms with Crippen LogP contribution < -0.4 is 10.6 Å². The van der Waals surface area contributed by atoms with Crippen molar-refractivity contribution < 1.29 is 19.8 Å². The molecule has 1 unspecified atom stereocenters.